The molecule has 21 heavy (non-hydrogen) atoms. The largest absolute Gasteiger partial charge is 0.366 e. The molecule has 0 saturated heterocycles. The van der Waals surface area contributed by atoms with Gasteiger partial charge in [-0.25, -0.2) is 14.3 Å². The van der Waals surface area contributed by atoms with Gasteiger partial charge in [-0.3, -0.25) is 14.6 Å². The van der Waals surface area contributed by atoms with Crippen molar-refractivity contribution in [1.29, 1.82) is 0 Å². The summed E-state index contributed by atoms with van der Waals surface area (Å²) in [7, 11) is 0. The van der Waals surface area contributed by atoms with Crippen LogP contribution in [-0.2, 0) is 0 Å². The molecule has 0 bridgehead atoms. The average molecular weight is 282 g/mol. The third kappa shape index (κ3) is 2.10. The van der Waals surface area contributed by atoms with E-state index in [0.29, 0.717) is 16.6 Å². The number of pyridine rings is 1. The molecule has 0 aliphatic carbocycles. The monoisotopic (exact) mass is 282 g/mol. The van der Waals surface area contributed by atoms with E-state index in [1.54, 1.807) is 24.3 Å². The molecule has 3 aromatic rings. The molecule has 2 aromatic heterocycles. The number of benzene rings is 1. The van der Waals surface area contributed by atoms with Crippen molar-refractivity contribution in [1.82, 2.24) is 14.5 Å². The van der Waals surface area contributed by atoms with Gasteiger partial charge < -0.3 is 5.73 Å². The first-order valence-corrected chi connectivity index (χ1v) is 6.08. The van der Waals surface area contributed by atoms with Gasteiger partial charge in [-0.1, -0.05) is 0 Å². The number of nitrogens with zero attached hydrogens (tertiary/aromatic N) is 2. The fourth-order valence-corrected chi connectivity index (χ4v) is 2.08. The molecule has 0 spiro atoms. The van der Waals surface area contributed by atoms with E-state index in [2.05, 4.69) is 9.97 Å². The zero-order valence-corrected chi connectivity index (χ0v) is 10.7. The summed E-state index contributed by atoms with van der Waals surface area (Å²) in [4.78, 5) is 41.2. The second-order valence-corrected chi connectivity index (χ2v) is 4.38. The predicted molar refractivity (Wildman–Crippen MR) is 76.5 cm³/mol. The van der Waals surface area contributed by atoms with E-state index in [1.807, 2.05) is 0 Å². The first-order chi connectivity index (χ1) is 10.1. The SMILES string of the molecule is NC(=O)c1ccc(-n2c(=O)[nH]c(=O)c3cccnc32)cc1. The van der Waals surface area contributed by atoms with Gasteiger partial charge in [0.15, 0.2) is 5.65 Å². The third-order valence-electron chi connectivity index (χ3n) is 3.08. The molecule has 0 saturated carbocycles. The number of H-pyrrole nitrogens is 1. The summed E-state index contributed by atoms with van der Waals surface area (Å²) in [5.74, 6) is -0.557. The van der Waals surface area contributed by atoms with Crippen molar-refractivity contribution in [3.05, 3.63) is 69.0 Å². The Morgan fingerprint density at radius 1 is 1.14 bits per heavy atom. The van der Waals surface area contributed by atoms with Crippen LogP contribution in [0.15, 0.2) is 52.2 Å². The quantitative estimate of drug-likeness (QED) is 0.698. The van der Waals surface area contributed by atoms with Crippen LogP contribution < -0.4 is 17.0 Å². The Morgan fingerprint density at radius 3 is 2.52 bits per heavy atom. The van der Waals surface area contributed by atoms with Crippen LogP contribution in [-0.4, -0.2) is 20.4 Å². The molecule has 7 nitrogen and oxygen atoms in total. The van der Waals surface area contributed by atoms with Crippen LogP contribution in [0, 0.1) is 0 Å². The summed E-state index contributed by atoms with van der Waals surface area (Å²) in [6.07, 6.45) is 1.50. The highest BCUT2D eigenvalue weighted by Gasteiger charge is 2.10. The van der Waals surface area contributed by atoms with Gasteiger partial charge >= 0.3 is 5.69 Å². The standard InChI is InChI=1S/C14H10N4O3/c15-11(19)8-3-5-9(6-4-8)18-12-10(2-1-7-16-12)13(20)17-14(18)21/h1-7H,(H2,15,19)(H,17,20,21). The Bertz CT molecular complexity index is 954. The van der Waals surface area contributed by atoms with Crippen molar-refractivity contribution in [2.75, 3.05) is 0 Å². The number of amides is 1. The predicted octanol–water partition coefficient (Wildman–Crippen LogP) is 0.173. The summed E-state index contributed by atoms with van der Waals surface area (Å²) in [6, 6.07) is 9.33. The first kappa shape index (κ1) is 12.8. The van der Waals surface area contributed by atoms with Crippen molar-refractivity contribution in [3.8, 4) is 5.69 Å². The van der Waals surface area contributed by atoms with Crippen molar-refractivity contribution in [2.24, 2.45) is 5.73 Å². The molecule has 1 aromatic carbocycles. The van der Waals surface area contributed by atoms with Crippen molar-refractivity contribution in [2.45, 2.75) is 0 Å². The molecular weight excluding hydrogens is 272 g/mol. The van der Waals surface area contributed by atoms with E-state index in [-0.39, 0.29) is 5.65 Å². The lowest BCUT2D eigenvalue weighted by atomic mass is 10.2. The molecular formula is C14H10N4O3. The smallest absolute Gasteiger partial charge is 0.334 e. The first-order valence-electron chi connectivity index (χ1n) is 6.08. The summed E-state index contributed by atoms with van der Waals surface area (Å²) in [6.45, 7) is 0. The van der Waals surface area contributed by atoms with Crippen molar-refractivity contribution >= 4 is 16.9 Å². The molecule has 7 heteroatoms. The minimum atomic E-state index is -0.599. The van der Waals surface area contributed by atoms with Gasteiger partial charge in [0.05, 0.1) is 11.1 Å². The fraction of sp³-hybridized carbons (Fsp3) is 0. The Balaban J connectivity index is 2.32. The highest BCUT2D eigenvalue weighted by Crippen LogP contribution is 2.12. The highest BCUT2D eigenvalue weighted by atomic mass is 16.2. The molecule has 0 unspecified atom stereocenters. The van der Waals surface area contributed by atoms with E-state index < -0.39 is 17.2 Å². The molecule has 0 radical (unpaired) electrons. The van der Waals surface area contributed by atoms with Crippen LogP contribution in [0.25, 0.3) is 16.7 Å². The molecule has 0 aliphatic rings. The Hall–Kier alpha value is -3.22. The molecule has 0 fully saturated rings. The van der Waals surface area contributed by atoms with Gasteiger partial charge in [0.1, 0.15) is 0 Å². The maximum Gasteiger partial charge on any atom is 0.334 e. The summed E-state index contributed by atoms with van der Waals surface area (Å²) >= 11 is 0. The van der Waals surface area contributed by atoms with Gasteiger partial charge in [-0.05, 0) is 36.4 Å². The number of carbonyl (C=O) groups is 1. The van der Waals surface area contributed by atoms with Crippen LogP contribution in [0.1, 0.15) is 10.4 Å². The Labute approximate surface area is 117 Å². The molecule has 3 N–H and O–H groups in total. The summed E-state index contributed by atoms with van der Waals surface area (Å²) < 4.78 is 1.27. The average Bonchev–Trinajstić information content (AvgIpc) is 2.48. The van der Waals surface area contributed by atoms with Gasteiger partial charge in [0.25, 0.3) is 5.56 Å². The topological polar surface area (TPSA) is 111 Å². The minimum Gasteiger partial charge on any atom is -0.366 e. The Morgan fingerprint density at radius 2 is 1.86 bits per heavy atom. The number of rotatable bonds is 2. The normalized spacial score (nSPS) is 10.7. The minimum absolute atomic E-state index is 0.248. The van der Waals surface area contributed by atoms with Gasteiger partial charge in [-0.15, -0.1) is 0 Å². The second kappa shape index (κ2) is 4.71. The number of fused-ring (bicyclic) bond motifs is 1. The number of aromatic nitrogens is 3. The molecule has 0 atom stereocenters. The molecule has 104 valence electrons. The highest BCUT2D eigenvalue weighted by molar-refractivity contribution is 5.93. The second-order valence-electron chi connectivity index (χ2n) is 4.38. The van der Waals surface area contributed by atoms with Gasteiger partial charge in [0.2, 0.25) is 5.91 Å². The fourth-order valence-electron chi connectivity index (χ4n) is 2.08. The number of carbonyl (C=O) groups excluding carboxylic acids is 1. The number of nitrogens with two attached hydrogens (primary N) is 1. The van der Waals surface area contributed by atoms with Gasteiger partial charge in [-0.2, -0.15) is 0 Å². The number of hydrogen-bond acceptors (Lipinski definition) is 4. The third-order valence-corrected chi connectivity index (χ3v) is 3.08. The maximum absolute atomic E-state index is 12.0. The zero-order chi connectivity index (χ0) is 15.0. The summed E-state index contributed by atoms with van der Waals surface area (Å²) in [5, 5.41) is 0.302. The van der Waals surface area contributed by atoms with E-state index in [9.17, 15) is 14.4 Å². The lowest BCUT2D eigenvalue weighted by Crippen LogP contribution is -2.29. The van der Waals surface area contributed by atoms with Crippen molar-refractivity contribution in [3.63, 3.8) is 0 Å². The molecule has 0 aliphatic heterocycles. The number of primary amides is 1. The van der Waals surface area contributed by atoms with E-state index >= 15 is 0 Å². The number of hydrogen-bond donors (Lipinski definition) is 2. The van der Waals surface area contributed by atoms with E-state index in [4.69, 9.17) is 5.73 Å². The van der Waals surface area contributed by atoms with E-state index in [0.717, 1.165) is 0 Å². The molecule has 1 amide bonds. The van der Waals surface area contributed by atoms with Gasteiger partial charge in [0, 0.05) is 11.8 Å². The van der Waals surface area contributed by atoms with Crippen LogP contribution >= 0.6 is 0 Å². The van der Waals surface area contributed by atoms with Crippen LogP contribution in [0.2, 0.25) is 0 Å². The Kier molecular flexibility index (Phi) is 2.87. The maximum atomic E-state index is 12.0. The van der Waals surface area contributed by atoms with E-state index in [1.165, 1.54) is 22.9 Å². The van der Waals surface area contributed by atoms with Crippen LogP contribution in [0.3, 0.4) is 0 Å². The van der Waals surface area contributed by atoms with Crippen molar-refractivity contribution < 1.29 is 4.79 Å². The van der Waals surface area contributed by atoms with Crippen LogP contribution in [0.4, 0.5) is 0 Å². The number of nitrogens with one attached hydrogen (secondary N) is 1. The number of aromatic amines is 1. The summed E-state index contributed by atoms with van der Waals surface area (Å²) in [5.41, 5.74) is 5.14. The van der Waals surface area contributed by atoms with Crippen LogP contribution in [0.5, 0.6) is 0 Å². The molecule has 3 rings (SSSR count). The lowest BCUT2D eigenvalue weighted by molar-refractivity contribution is 0.100. The molecule has 2 heterocycles. The lowest BCUT2D eigenvalue weighted by Gasteiger charge is -2.08. The zero-order valence-electron chi connectivity index (χ0n) is 10.7.